The number of rotatable bonds is 10. The predicted octanol–water partition coefficient (Wildman–Crippen LogP) is 1.61. The third kappa shape index (κ3) is 4.95. The molecule has 0 bridgehead atoms. The molecule has 10 heteroatoms. The molecular weight excluding hydrogens is 456 g/mol. The van der Waals surface area contributed by atoms with E-state index in [2.05, 4.69) is 5.32 Å². The number of para-hydroxylation sites is 1. The van der Waals surface area contributed by atoms with Crippen molar-refractivity contribution in [2.45, 2.75) is 24.9 Å². The molecule has 3 rings (SSSR count). The van der Waals surface area contributed by atoms with Gasteiger partial charge in [-0.15, -0.1) is 0 Å². The molecule has 0 saturated heterocycles. The van der Waals surface area contributed by atoms with Crippen LogP contribution >= 0.6 is 0 Å². The fourth-order valence-corrected chi connectivity index (χ4v) is 3.95. The van der Waals surface area contributed by atoms with E-state index in [0.717, 1.165) is 0 Å². The quantitative estimate of drug-likeness (QED) is 0.269. The van der Waals surface area contributed by atoms with Crippen LogP contribution in [0.3, 0.4) is 0 Å². The maximum Gasteiger partial charge on any atom is 0.265 e. The molecule has 0 amide bonds. The zero-order valence-electron chi connectivity index (χ0n) is 20.0. The van der Waals surface area contributed by atoms with Gasteiger partial charge in [0.1, 0.15) is 11.3 Å². The number of fused-ring (bicyclic) bond motifs is 1. The summed E-state index contributed by atoms with van der Waals surface area (Å²) in [6.45, 7) is 0.652. The molecule has 0 aliphatic heterocycles. The smallest absolute Gasteiger partial charge is 0.265 e. The molecule has 3 aromatic rings. The van der Waals surface area contributed by atoms with Crippen LogP contribution in [0.25, 0.3) is 10.9 Å². The molecule has 10 nitrogen and oxygen atoms in total. The number of aliphatic hydroxyl groups is 2. The highest BCUT2D eigenvalue weighted by molar-refractivity contribution is 6.03. The van der Waals surface area contributed by atoms with E-state index >= 15 is 0 Å². The van der Waals surface area contributed by atoms with Crippen LogP contribution in [0.4, 0.5) is 0 Å². The number of ether oxygens (including phenoxy) is 2. The number of nitrogens with one attached hydrogen (secondary N) is 1. The summed E-state index contributed by atoms with van der Waals surface area (Å²) in [6, 6.07) is 8.78. The van der Waals surface area contributed by atoms with Crippen LogP contribution in [-0.4, -0.2) is 63.7 Å². The third-order valence-electron chi connectivity index (χ3n) is 6.07. The number of ketones is 1. The van der Waals surface area contributed by atoms with Gasteiger partial charge in [-0.05, 0) is 36.8 Å². The lowest BCUT2D eigenvalue weighted by atomic mass is 9.93. The Morgan fingerprint density at radius 3 is 2.17 bits per heavy atom. The summed E-state index contributed by atoms with van der Waals surface area (Å²) in [6.07, 6.45) is -0.326. The summed E-state index contributed by atoms with van der Waals surface area (Å²) in [7, 11) is 4.23. The van der Waals surface area contributed by atoms with Gasteiger partial charge in [0.25, 0.3) is 5.56 Å². The zero-order valence-corrected chi connectivity index (χ0v) is 20.0. The minimum absolute atomic E-state index is 0.0813. The predicted molar refractivity (Wildman–Crippen MR) is 129 cm³/mol. The third-order valence-corrected chi connectivity index (χ3v) is 6.07. The number of hydrogen-bond acceptors (Lipinski definition) is 9. The molecule has 0 aliphatic carbocycles. The monoisotopic (exact) mass is 486 g/mol. The molecule has 0 radical (unpaired) electrons. The van der Waals surface area contributed by atoms with E-state index in [9.17, 15) is 30.0 Å². The number of benzene rings is 2. The van der Waals surface area contributed by atoms with Gasteiger partial charge in [-0.3, -0.25) is 9.59 Å². The summed E-state index contributed by atoms with van der Waals surface area (Å²) in [5.41, 5.74) is -1.32. The Balaban J connectivity index is 2.13. The van der Waals surface area contributed by atoms with E-state index in [1.54, 1.807) is 31.2 Å². The van der Waals surface area contributed by atoms with Crippen molar-refractivity contribution in [1.82, 2.24) is 9.88 Å². The lowest BCUT2D eigenvalue weighted by Gasteiger charge is -2.32. The molecule has 188 valence electrons. The van der Waals surface area contributed by atoms with Crippen LogP contribution in [0.5, 0.6) is 23.0 Å². The van der Waals surface area contributed by atoms with Gasteiger partial charge in [0.2, 0.25) is 5.75 Å². The fourth-order valence-electron chi connectivity index (χ4n) is 3.95. The van der Waals surface area contributed by atoms with Crippen molar-refractivity contribution in [3.63, 3.8) is 0 Å². The largest absolute Gasteiger partial charge is 0.506 e. The van der Waals surface area contributed by atoms with Gasteiger partial charge in [-0.1, -0.05) is 12.1 Å². The molecule has 5 N–H and O–H groups in total. The Labute approximate surface area is 202 Å². The van der Waals surface area contributed by atoms with Crippen molar-refractivity contribution >= 4 is 16.7 Å². The molecule has 0 spiro atoms. The van der Waals surface area contributed by atoms with Gasteiger partial charge in [0.15, 0.2) is 17.3 Å². The zero-order chi connectivity index (χ0) is 25.9. The molecule has 0 unspecified atom stereocenters. The second kappa shape index (κ2) is 10.3. The summed E-state index contributed by atoms with van der Waals surface area (Å²) in [4.78, 5) is 26.5. The van der Waals surface area contributed by atoms with E-state index in [1.807, 2.05) is 0 Å². The number of aromatic hydroxyl groups is 2. The Hall–Kier alpha value is -3.60. The Kier molecular flexibility index (Phi) is 7.69. The number of carbonyl (C=O) groups is 1. The second-order valence-electron chi connectivity index (χ2n) is 8.58. The van der Waals surface area contributed by atoms with Gasteiger partial charge in [-0.2, -0.15) is 0 Å². The number of pyridine rings is 1. The standard InChI is InChI=1S/C25H30N2O8/c1-25(12-28,13-29)26-16(14-9-19(34-3)23(32)20(10-14)35-4)11-18(30)21-22(31)15-7-5-6-8-17(15)27(2)24(21)33/h5-10,16,26,28-29,31-32H,11-13H2,1-4H3/t16-/m0/s1. The van der Waals surface area contributed by atoms with E-state index < -0.39 is 41.9 Å². The number of nitrogens with zero attached hydrogens (tertiary/aromatic N) is 1. The highest BCUT2D eigenvalue weighted by atomic mass is 16.5. The van der Waals surface area contributed by atoms with Gasteiger partial charge >= 0.3 is 0 Å². The Morgan fingerprint density at radius 1 is 1.06 bits per heavy atom. The van der Waals surface area contributed by atoms with Crippen molar-refractivity contribution in [3.8, 4) is 23.0 Å². The van der Waals surface area contributed by atoms with Gasteiger partial charge in [0.05, 0.1) is 38.5 Å². The van der Waals surface area contributed by atoms with Crippen LogP contribution in [0.15, 0.2) is 41.2 Å². The first kappa shape index (κ1) is 26.0. The number of aromatic nitrogens is 1. The van der Waals surface area contributed by atoms with Crippen molar-refractivity contribution in [1.29, 1.82) is 0 Å². The summed E-state index contributed by atoms with van der Waals surface area (Å²) in [5.74, 6) is -1.15. The number of methoxy groups -OCH3 is 2. The first-order chi connectivity index (χ1) is 16.6. The SMILES string of the molecule is COc1cc([C@H](CC(=O)c2c(O)c3ccccc3n(C)c2=O)NC(C)(CO)CO)cc(OC)c1O. The number of Topliss-reactive ketones (excluding diaryl/α,β-unsaturated/α-hetero) is 1. The Morgan fingerprint density at radius 2 is 1.63 bits per heavy atom. The fraction of sp³-hybridized carbons (Fsp3) is 0.360. The number of carbonyl (C=O) groups excluding carboxylic acids is 1. The van der Waals surface area contributed by atoms with Crippen molar-refractivity contribution in [2.75, 3.05) is 27.4 Å². The van der Waals surface area contributed by atoms with Crippen LogP contribution in [0.2, 0.25) is 0 Å². The maximum absolute atomic E-state index is 13.5. The number of aryl methyl sites for hydroxylation is 1. The summed E-state index contributed by atoms with van der Waals surface area (Å²) >= 11 is 0. The number of hydrogen-bond donors (Lipinski definition) is 5. The van der Waals surface area contributed by atoms with Crippen molar-refractivity contribution in [3.05, 3.63) is 57.9 Å². The Bertz CT molecular complexity index is 1270. The number of phenols is 1. The molecule has 1 atom stereocenters. The highest BCUT2D eigenvalue weighted by Crippen LogP contribution is 2.40. The van der Waals surface area contributed by atoms with Crippen molar-refractivity contribution < 1.29 is 34.7 Å². The molecule has 0 aliphatic rings. The molecule has 2 aromatic carbocycles. The minimum atomic E-state index is -1.19. The average molecular weight is 487 g/mol. The maximum atomic E-state index is 13.5. The lowest BCUT2D eigenvalue weighted by molar-refractivity contribution is 0.0837. The van der Waals surface area contributed by atoms with E-state index in [-0.39, 0.29) is 29.2 Å². The molecular formula is C25H30N2O8. The second-order valence-corrected chi connectivity index (χ2v) is 8.58. The molecule has 1 aromatic heterocycles. The van der Waals surface area contributed by atoms with E-state index in [0.29, 0.717) is 16.5 Å². The average Bonchev–Trinajstić information content (AvgIpc) is 2.87. The topological polar surface area (TPSA) is 150 Å². The first-order valence-corrected chi connectivity index (χ1v) is 10.9. The molecule has 0 fully saturated rings. The first-order valence-electron chi connectivity index (χ1n) is 10.9. The summed E-state index contributed by atoms with van der Waals surface area (Å²) < 4.78 is 11.7. The van der Waals surface area contributed by atoms with Gasteiger partial charge < -0.3 is 39.8 Å². The molecule has 1 heterocycles. The van der Waals surface area contributed by atoms with Crippen molar-refractivity contribution in [2.24, 2.45) is 7.05 Å². The van der Waals surface area contributed by atoms with Crippen LogP contribution in [0.1, 0.15) is 35.3 Å². The van der Waals surface area contributed by atoms with Crippen LogP contribution in [-0.2, 0) is 7.05 Å². The number of phenolic OH excluding ortho intramolecular Hbond substituents is 1. The van der Waals surface area contributed by atoms with E-state index in [1.165, 1.54) is 38.0 Å². The minimum Gasteiger partial charge on any atom is -0.506 e. The van der Waals surface area contributed by atoms with Crippen LogP contribution in [0, 0.1) is 0 Å². The molecule has 35 heavy (non-hydrogen) atoms. The van der Waals surface area contributed by atoms with Gasteiger partial charge in [-0.25, -0.2) is 0 Å². The van der Waals surface area contributed by atoms with Crippen LogP contribution < -0.4 is 20.3 Å². The highest BCUT2D eigenvalue weighted by Gasteiger charge is 2.31. The van der Waals surface area contributed by atoms with Gasteiger partial charge in [0, 0.05) is 24.9 Å². The van der Waals surface area contributed by atoms with E-state index in [4.69, 9.17) is 9.47 Å². The summed E-state index contributed by atoms with van der Waals surface area (Å²) in [5, 5.41) is 44.2. The number of aliphatic hydroxyl groups excluding tert-OH is 2. The lowest BCUT2D eigenvalue weighted by Crippen LogP contribution is -2.51. The normalized spacial score (nSPS) is 12.5. The molecule has 0 saturated carbocycles.